The van der Waals surface area contributed by atoms with Crippen LogP contribution in [0.5, 0.6) is 0 Å². The maximum Gasteiger partial charge on any atom is 0.147 e. The number of hydrogen-bond donors (Lipinski definition) is 0. The zero-order valence-corrected chi connectivity index (χ0v) is 29.3. The molecule has 0 unspecified atom stereocenters. The van der Waals surface area contributed by atoms with Gasteiger partial charge in [0.2, 0.25) is 0 Å². The Labute approximate surface area is 311 Å². The molecule has 0 N–H and O–H groups in total. The third-order valence-electron chi connectivity index (χ3n) is 10.9. The monoisotopic (exact) mass is 688 g/mol. The molecule has 9 aromatic carbocycles. The fourth-order valence-electron chi connectivity index (χ4n) is 8.52. The summed E-state index contributed by atoms with van der Waals surface area (Å²) in [5.41, 5.74) is 10.6. The SMILES string of the molecule is c1ccc(-c2ccccccc(-c3ccc(-c4ccc5oc6c(c5c4)c4ccccc4c4oc5ccccc5c46)c4ccccc34)c3ccccc23)cc1. The standard InChI is InChI=1S/C52H32O2/c1-2-7-19-41(39-22-10-8-20-37(39)35(18-6-1)33-16-4-3-5-17-33)42-30-29-36(38-21-9-11-23-40(38)42)34-28-31-48-46(32-34)49-43-24-12-13-25-44(43)51-50(52(49)54-48)45-26-14-15-27-47(45)53-51/h1-32H. The van der Waals surface area contributed by atoms with E-state index in [0.29, 0.717) is 0 Å². The quantitative estimate of drug-likeness (QED) is 0.185. The van der Waals surface area contributed by atoms with Crippen molar-refractivity contribution in [1.29, 1.82) is 0 Å². The molecule has 54 heavy (non-hydrogen) atoms. The number of para-hydroxylation sites is 1. The van der Waals surface area contributed by atoms with Crippen LogP contribution in [0.4, 0.5) is 0 Å². The van der Waals surface area contributed by atoms with Crippen molar-refractivity contribution >= 4 is 76.2 Å². The molecule has 0 fully saturated rings. The van der Waals surface area contributed by atoms with Crippen LogP contribution in [0.25, 0.3) is 110 Å². The molecule has 0 aliphatic rings. The minimum Gasteiger partial charge on any atom is -0.455 e. The first-order valence-corrected chi connectivity index (χ1v) is 18.4. The maximum atomic E-state index is 6.75. The van der Waals surface area contributed by atoms with E-state index in [4.69, 9.17) is 8.83 Å². The summed E-state index contributed by atoms with van der Waals surface area (Å²) < 4.78 is 13.2. The Bertz CT molecular complexity index is 3330. The van der Waals surface area contributed by atoms with Crippen molar-refractivity contribution < 1.29 is 8.83 Å². The summed E-state index contributed by atoms with van der Waals surface area (Å²) in [5.74, 6) is 0. The number of hydrogen-bond acceptors (Lipinski definition) is 2. The Balaban J connectivity index is 1.17. The van der Waals surface area contributed by atoms with Crippen molar-refractivity contribution in [3.8, 4) is 33.4 Å². The van der Waals surface area contributed by atoms with Gasteiger partial charge >= 0.3 is 0 Å². The van der Waals surface area contributed by atoms with Crippen LogP contribution < -0.4 is 0 Å². The van der Waals surface area contributed by atoms with Gasteiger partial charge in [-0.05, 0) is 78.5 Å². The first kappa shape index (κ1) is 30.5. The molecule has 252 valence electrons. The van der Waals surface area contributed by atoms with Crippen LogP contribution in [0, 0.1) is 0 Å². The van der Waals surface area contributed by atoms with Crippen molar-refractivity contribution in [2.75, 3.05) is 0 Å². The zero-order valence-electron chi connectivity index (χ0n) is 29.3. The Kier molecular flexibility index (Phi) is 6.90. The van der Waals surface area contributed by atoms with Gasteiger partial charge in [-0.15, -0.1) is 0 Å². The highest BCUT2D eigenvalue weighted by Gasteiger charge is 2.21. The Morgan fingerprint density at radius 3 is 1.43 bits per heavy atom. The molecule has 0 saturated heterocycles. The second kappa shape index (κ2) is 12.2. The molecule has 2 nitrogen and oxygen atoms in total. The van der Waals surface area contributed by atoms with E-state index >= 15 is 0 Å². The lowest BCUT2D eigenvalue weighted by Crippen LogP contribution is -1.87. The van der Waals surface area contributed by atoms with Gasteiger partial charge in [0, 0.05) is 21.5 Å². The van der Waals surface area contributed by atoms with Gasteiger partial charge in [-0.2, -0.15) is 0 Å². The van der Waals surface area contributed by atoms with E-state index in [-0.39, 0.29) is 0 Å². The average molecular weight is 689 g/mol. The Hall–Kier alpha value is -7.16. The van der Waals surface area contributed by atoms with Crippen LogP contribution in [0.15, 0.2) is 203 Å². The van der Waals surface area contributed by atoms with Gasteiger partial charge in [-0.1, -0.05) is 176 Å². The average Bonchev–Trinajstić information content (AvgIpc) is 3.82. The molecule has 0 aliphatic carbocycles. The summed E-state index contributed by atoms with van der Waals surface area (Å²) in [7, 11) is 0. The van der Waals surface area contributed by atoms with Gasteiger partial charge in [0.05, 0.1) is 5.39 Å². The van der Waals surface area contributed by atoms with Gasteiger partial charge in [-0.25, -0.2) is 0 Å². The van der Waals surface area contributed by atoms with E-state index in [1.165, 1.54) is 49.4 Å². The Morgan fingerprint density at radius 1 is 0.241 bits per heavy atom. The fourth-order valence-corrected chi connectivity index (χ4v) is 8.52. The van der Waals surface area contributed by atoms with Crippen LogP contribution in [0.2, 0.25) is 0 Å². The molecule has 0 aliphatic heterocycles. The number of rotatable bonds is 3. The van der Waals surface area contributed by atoms with E-state index in [0.717, 1.165) is 60.2 Å². The molecule has 2 heteroatoms. The summed E-state index contributed by atoms with van der Waals surface area (Å²) in [6, 6.07) is 69.2. The van der Waals surface area contributed by atoms with E-state index < -0.39 is 0 Å². The van der Waals surface area contributed by atoms with Crippen LogP contribution in [-0.2, 0) is 0 Å². The van der Waals surface area contributed by atoms with Crippen LogP contribution in [0.3, 0.4) is 0 Å². The second-order valence-corrected chi connectivity index (χ2v) is 13.9. The smallest absolute Gasteiger partial charge is 0.147 e. The topological polar surface area (TPSA) is 26.3 Å². The normalized spacial score (nSPS) is 11.7. The van der Waals surface area contributed by atoms with Crippen molar-refractivity contribution in [2.45, 2.75) is 0 Å². The minimum atomic E-state index is 0.865. The highest BCUT2D eigenvalue weighted by Crippen LogP contribution is 2.46. The van der Waals surface area contributed by atoms with E-state index in [9.17, 15) is 0 Å². The summed E-state index contributed by atoms with van der Waals surface area (Å²) in [6.07, 6.45) is 0. The van der Waals surface area contributed by atoms with Crippen molar-refractivity contribution in [2.24, 2.45) is 0 Å². The number of furan rings is 2. The molecule has 2 aromatic heterocycles. The second-order valence-electron chi connectivity index (χ2n) is 13.9. The predicted molar refractivity (Wildman–Crippen MR) is 227 cm³/mol. The molecule has 0 amide bonds. The third-order valence-corrected chi connectivity index (χ3v) is 10.9. The molecular formula is C52H32O2. The van der Waals surface area contributed by atoms with Gasteiger partial charge in [0.25, 0.3) is 0 Å². The highest BCUT2D eigenvalue weighted by molar-refractivity contribution is 6.33. The fraction of sp³-hybridized carbons (Fsp3) is 0. The predicted octanol–water partition coefficient (Wildman–Crippen LogP) is 15.1. The summed E-state index contributed by atoms with van der Waals surface area (Å²) in [5, 5.41) is 11.3. The van der Waals surface area contributed by atoms with E-state index in [1.807, 2.05) is 12.1 Å². The Morgan fingerprint density at radius 2 is 0.704 bits per heavy atom. The summed E-state index contributed by atoms with van der Waals surface area (Å²) >= 11 is 0. The lowest BCUT2D eigenvalue weighted by Gasteiger charge is -2.14. The molecule has 11 aromatic rings. The van der Waals surface area contributed by atoms with Crippen LogP contribution in [-0.4, -0.2) is 0 Å². The minimum absolute atomic E-state index is 0.865. The van der Waals surface area contributed by atoms with Crippen LogP contribution >= 0.6 is 0 Å². The molecule has 0 bridgehead atoms. The molecule has 0 atom stereocenters. The zero-order chi connectivity index (χ0) is 35.6. The first-order valence-electron chi connectivity index (χ1n) is 18.4. The first-order chi connectivity index (χ1) is 26.8. The molecule has 0 radical (unpaired) electrons. The number of benzene rings is 8. The molecule has 0 saturated carbocycles. The van der Waals surface area contributed by atoms with Crippen molar-refractivity contribution in [1.82, 2.24) is 0 Å². The number of fused-ring (bicyclic) bond motifs is 12. The molecule has 11 rings (SSSR count). The largest absolute Gasteiger partial charge is 0.455 e. The van der Waals surface area contributed by atoms with E-state index in [1.54, 1.807) is 0 Å². The third kappa shape index (κ3) is 4.67. The molecular weight excluding hydrogens is 657 g/mol. The summed E-state index contributed by atoms with van der Waals surface area (Å²) in [6.45, 7) is 0. The van der Waals surface area contributed by atoms with Gasteiger partial charge < -0.3 is 8.83 Å². The van der Waals surface area contributed by atoms with Crippen molar-refractivity contribution in [3.63, 3.8) is 0 Å². The lowest BCUT2D eigenvalue weighted by molar-refractivity contribution is 0.665. The summed E-state index contributed by atoms with van der Waals surface area (Å²) in [4.78, 5) is 0. The van der Waals surface area contributed by atoms with Gasteiger partial charge in [-0.3, -0.25) is 0 Å². The molecule has 0 spiro atoms. The van der Waals surface area contributed by atoms with Gasteiger partial charge in [0.15, 0.2) is 0 Å². The lowest BCUT2D eigenvalue weighted by atomic mass is 9.89. The van der Waals surface area contributed by atoms with Crippen LogP contribution in [0.1, 0.15) is 0 Å². The highest BCUT2D eigenvalue weighted by atomic mass is 16.3. The molecule has 2 heterocycles. The maximum absolute atomic E-state index is 6.75. The van der Waals surface area contributed by atoms with Crippen molar-refractivity contribution in [3.05, 3.63) is 194 Å². The van der Waals surface area contributed by atoms with Gasteiger partial charge in [0.1, 0.15) is 22.3 Å². The van der Waals surface area contributed by atoms with E-state index in [2.05, 4.69) is 182 Å².